The van der Waals surface area contributed by atoms with Gasteiger partial charge in [0.15, 0.2) is 0 Å². The molecule has 0 bridgehead atoms. The number of hydrogen-bond donors (Lipinski definition) is 1. The van der Waals surface area contributed by atoms with E-state index in [4.69, 9.17) is 4.74 Å². The maximum absolute atomic E-state index is 12.9. The number of alkyl halides is 3. The average Bonchev–Trinajstić information content (AvgIpc) is 2.66. The molecule has 0 fully saturated rings. The summed E-state index contributed by atoms with van der Waals surface area (Å²) in [5, 5.41) is 3.19. The van der Waals surface area contributed by atoms with Crippen LogP contribution in [0.25, 0.3) is 11.1 Å². The molecule has 1 N–H and O–H groups in total. The fraction of sp³-hybridized carbons (Fsp3) is 0.150. The lowest BCUT2D eigenvalue weighted by molar-refractivity contribution is -0.137. The minimum absolute atomic E-state index is 0.406. The van der Waals surface area contributed by atoms with Crippen LogP contribution in [0, 0.1) is 6.07 Å². The van der Waals surface area contributed by atoms with E-state index >= 15 is 0 Å². The van der Waals surface area contributed by atoms with Crippen molar-refractivity contribution in [3.8, 4) is 17.0 Å². The highest BCUT2D eigenvalue weighted by Crippen LogP contribution is 2.33. The van der Waals surface area contributed by atoms with Crippen LogP contribution in [0.2, 0.25) is 0 Å². The van der Waals surface area contributed by atoms with Crippen LogP contribution >= 0.6 is 0 Å². The Morgan fingerprint density at radius 2 is 1.92 bits per heavy atom. The molecule has 1 radical (unpaired) electrons. The van der Waals surface area contributed by atoms with Crippen LogP contribution in [0.1, 0.15) is 11.1 Å². The quantitative estimate of drug-likeness (QED) is 0.682. The summed E-state index contributed by atoms with van der Waals surface area (Å²) in [6.07, 6.45) is -2.88. The van der Waals surface area contributed by atoms with Crippen molar-refractivity contribution in [1.82, 2.24) is 4.98 Å². The number of halogens is 3. The van der Waals surface area contributed by atoms with Crippen molar-refractivity contribution in [1.29, 1.82) is 0 Å². The smallest absolute Gasteiger partial charge is 0.416 e. The summed E-state index contributed by atoms with van der Waals surface area (Å²) in [7, 11) is 1.50. The second-order valence-corrected chi connectivity index (χ2v) is 5.60. The van der Waals surface area contributed by atoms with E-state index in [9.17, 15) is 13.2 Å². The Bertz CT molecular complexity index is 880. The van der Waals surface area contributed by atoms with Crippen LogP contribution < -0.4 is 10.1 Å². The summed E-state index contributed by atoms with van der Waals surface area (Å²) in [5.74, 6) is 0.421. The molecule has 1 heterocycles. The monoisotopic (exact) mass is 357 g/mol. The van der Waals surface area contributed by atoms with Crippen LogP contribution in [0.5, 0.6) is 5.88 Å². The molecule has 1 aromatic heterocycles. The summed E-state index contributed by atoms with van der Waals surface area (Å²) in [5.41, 5.74) is 1.89. The summed E-state index contributed by atoms with van der Waals surface area (Å²) >= 11 is 0. The molecule has 133 valence electrons. The summed E-state index contributed by atoms with van der Waals surface area (Å²) in [4.78, 5) is 4.22. The third-order valence-electron chi connectivity index (χ3n) is 3.82. The SMILES string of the molecule is COc1ncc(-c2cccc(C(F)(F)F)c2)cc1CNc1[c]cccc1. The van der Waals surface area contributed by atoms with E-state index in [0.29, 0.717) is 23.6 Å². The van der Waals surface area contributed by atoms with Crippen molar-refractivity contribution >= 4 is 5.69 Å². The van der Waals surface area contributed by atoms with Crippen molar-refractivity contribution in [3.63, 3.8) is 0 Å². The molecule has 6 heteroatoms. The number of benzene rings is 2. The molecule has 0 aliphatic carbocycles. The molecule has 2 aromatic carbocycles. The zero-order valence-electron chi connectivity index (χ0n) is 14.0. The maximum atomic E-state index is 12.9. The first kappa shape index (κ1) is 17.8. The number of para-hydroxylation sites is 1. The Kier molecular flexibility index (Phi) is 5.11. The molecule has 3 aromatic rings. The number of aromatic nitrogens is 1. The van der Waals surface area contributed by atoms with Gasteiger partial charge in [0.05, 0.1) is 12.7 Å². The van der Waals surface area contributed by atoms with Crippen molar-refractivity contribution in [2.45, 2.75) is 12.7 Å². The number of nitrogens with zero attached hydrogens (tertiary/aromatic N) is 1. The third kappa shape index (κ3) is 4.14. The molecule has 0 saturated heterocycles. The number of pyridine rings is 1. The van der Waals surface area contributed by atoms with E-state index < -0.39 is 11.7 Å². The Hall–Kier alpha value is -3.02. The van der Waals surface area contributed by atoms with Gasteiger partial charge in [0.2, 0.25) is 5.88 Å². The van der Waals surface area contributed by atoms with Gasteiger partial charge in [-0.1, -0.05) is 30.3 Å². The van der Waals surface area contributed by atoms with Crippen molar-refractivity contribution in [3.05, 3.63) is 78.0 Å². The third-order valence-corrected chi connectivity index (χ3v) is 3.82. The summed E-state index contributed by atoms with van der Waals surface area (Å²) < 4.78 is 44.1. The minimum atomic E-state index is -4.39. The number of hydrogen-bond acceptors (Lipinski definition) is 3. The van der Waals surface area contributed by atoms with Gasteiger partial charge >= 0.3 is 6.18 Å². The number of ether oxygens (including phenoxy) is 1. The Morgan fingerprint density at radius 1 is 1.08 bits per heavy atom. The minimum Gasteiger partial charge on any atom is -0.481 e. The standard InChI is InChI=1S/C20H16F3N2O/c1-26-19-16(13-24-18-8-3-2-4-9-18)10-15(12-25-19)14-6-5-7-17(11-14)20(21,22)23/h2-8,10-12,24H,13H2,1H3. The Balaban J connectivity index is 1.90. The summed E-state index contributed by atoms with van der Waals surface area (Å²) in [6.45, 7) is 0.406. The van der Waals surface area contributed by atoms with E-state index in [0.717, 1.165) is 23.4 Å². The molecule has 0 atom stereocenters. The fourth-order valence-electron chi connectivity index (χ4n) is 2.53. The molecular weight excluding hydrogens is 341 g/mol. The highest BCUT2D eigenvalue weighted by atomic mass is 19.4. The predicted molar refractivity (Wildman–Crippen MR) is 93.8 cm³/mol. The van der Waals surface area contributed by atoms with Crippen LogP contribution in [0.3, 0.4) is 0 Å². The first-order valence-electron chi connectivity index (χ1n) is 7.88. The highest BCUT2D eigenvalue weighted by Gasteiger charge is 2.30. The molecule has 0 spiro atoms. The normalized spacial score (nSPS) is 11.2. The average molecular weight is 357 g/mol. The first-order valence-corrected chi connectivity index (χ1v) is 7.88. The molecule has 3 rings (SSSR count). The van der Waals surface area contributed by atoms with Gasteiger partial charge in [-0.15, -0.1) is 0 Å². The second-order valence-electron chi connectivity index (χ2n) is 5.60. The van der Waals surface area contributed by atoms with Gasteiger partial charge in [-0.25, -0.2) is 4.98 Å². The van der Waals surface area contributed by atoms with Gasteiger partial charge < -0.3 is 10.1 Å². The predicted octanol–water partition coefficient (Wildman–Crippen LogP) is 5.19. The van der Waals surface area contributed by atoms with Gasteiger partial charge in [-0.2, -0.15) is 13.2 Å². The lowest BCUT2D eigenvalue weighted by atomic mass is 10.0. The number of nitrogens with one attached hydrogen (secondary N) is 1. The number of anilines is 1. The second kappa shape index (κ2) is 7.47. The van der Waals surface area contributed by atoms with Crippen LogP contribution in [0.4, 0.5) is 18.9 Å². The molecule has 0 aliphatic rings. The first-order chi connectivity index (χ1) is 12.5. The molecule has 0 aliphatic heterocycles. The Labute approximate surface area is 149 Å². The molecule has 3 nitrogen and oxygen atoms in total. The molecule has 0 unspecified atom stereocenters. The Morgan fingerprint density at radius 3 is 2.62 bits per heavy atom. The van der Waals surface area contributed by atoms with E-state index in [1.807, 2.05) is 18.2 Å². The van der Waals surface area contributed by atoms with Gasteiger partial charge in [-0.3, -0.25) is 0 Å². The van der Waals surface area contributed by atoms with Crippen LogP contribution in [-0.2, 0) is 12.7 Å². The molecule has 0 amide bonds. The molecular formula is C20H16F3N2O. The number of rotatable bonds is 5. The van der Waals surface area contributed by atoms with Crippen molar-refractivity contribution < 1.29 is 17.9 Å². The maximum Gasteiger partial charge on any atom is 0.416 e. The summed E-state index contributed by atoms with van der Waals surface area (Å²) in [6, 6.07) is 17.4. The largest absolute Gasteiger partial charge is 0.481 e. The number of methoxy groups -OCH3 is 1. The van der Waals surface area contributed by atoms with Crippen molar-refractivity contribution in [2.75, 3.05) is 12.4 Å². The van der Waals surface area contributed by atoms with Crippen molar-refractivity contribution in [2.24, 2.45) is 0 Å². The van der Waals surface area contributed by atoms with Gasteiger partial charge in [-0.05, 0) is 29.8 Å². The highest BCUT2D eigenvalue weighted by molar-refractivity contribution is 5.65. The zero-order valence-corrected chi connectivity index (χ0v) is 14.0. The van der Waals surface area contributed by atoms with Gasteiger partial charge in [0, 0.05) is 35.6 Å². The molecule has 0 saturated carbocycles. The van der Waals surface area contributed by atoms with Gasteiger partial charge in [0.25, 0.3) is 0 Å². The van der Waals surface area contributed by atoms with Crippen LogP contribution in [-0.4, -0.2) is 12.1 Å². The molecule has 26 heavy (non-hydrogen) atoms. The fourth-order valence-corrected chi connectivity index (χ4v) is 2.53. The lowest BCUT2D eigenvalue weighted by Gasteiger charge is -2.13. The lowest BCUT2D eigenvalue weighted by Crippen LogP contribution is -2.05. The zero-order chi connectivity index (χ0) is 18.6. The van der Waals surface area contributed by atoms with Crippen LogP contribution in [0.15, 0.2) is 60.8 Å². The van der Waals surface area contributed by atoms with E-state index in [2.05, 4.69) is 16.4 Å². The van der Waals surface area contributed by atoms with E-state index in [-0.39, 0.29) is 0 Å². The topological polar surface area (TPSA) is 34.1 Å². The van der Waals surface area contributed by atoms with Gasteiger partial charge in [0.1, 0.15) is 0 Å². The van der Waals surface area contributed by atoms with E-state index in [1.54, 1.807) is 18.2 Å². The van der Waals surface area contributed by atoms with E-state index in [1.165, 1.54) is 19.4 Å².